The fraction of sp³-hybridized carbons (Fsp3) is 0.500. The van der Waals surface area contributed by atoms with Crippen molar-refractivity contribution in [1.29, 1.82) is 0 Å². The third-order valence-corrected chi connectivity index (χ3v) is 3.69. The number of urea groups is 1. The van der Waals surface area contributed by atoms with Crippen molar-refractivity contribution in [1.82, 2.24) is 10.2 Å². The Kier molecular flexibility index (Phi) is 5.25. The molecule has 6 heteroatoms. The van der Waals surface area contributed by atoms with Crippen LogP contribution in [0.5, 0.6) is 5.75 Å². The number of methoxy groups -OCH3 is 1. The van der Waals surface area contributed by atoms with E-state index in [9.17, 15) is 4.79 Å². The lowest BCUT2D eigenvalue weighted by Crippen LogP contribution is -2.48. The highest BCUT2D eigenvalue weighted by atomic mass is 79.9. The van der Waals surface area contributed by atoms with Crippen LogP contribution >= 0.6 is 15.9 Å². The molecule has 0 aromatic heterocycles. The Bertz CT molecular complexity index is 481. The van der Waals surface area contributed by atoms with E-state index in [1.165, 1.54) is 0 Å². The van der Waals surface area contributed by atoms with Crippen molar-refractivity contribution in [2.75, 3.05) is 26.8 Å². The Hall–Kier alpha value is -1.27. The molecule has 0 saturated carbocycles. The maximum absolute atomic E-state index is 12.1. The van der Waals surface area contributed by atoms with Gasteiger partial charge in [0, 0.05) is 29.7 Å². The highest BCUT2D eigenvalue weighted by Crippen LogP contribution is 2.22. The molecule has 0 bridgehead atoms. The van der Waals surface area contributed by atoms with Gasteiger partial charge >= 0.3 is 6.03 Å². The molecule has 0 unspecified atom stereocenters. The van der Waals surface area contributed by atoms with Crippen LogP contribution in [0, 0.1) is 0 Å². The summed E-state index contributed by atoms with van der Waals surface area (Å²) in [5.41, 5.74) is 0.941. The van der Waals surface area contributed by atoms with Gasteiger partial charge in [-0.2, -0.15) is 0 Å². The molecule has 1 heterocycles. The summed E-state index contributed by atoms with van der Waals surface area (Å²) in [7, 11) is 1.62. The van der Waals surface area contributed by atoms with Crippen molar-refractivity contribution in [3.8, 4) is 5.75 Å². The normalized spacial score (nSPS) is 18.8. The van der Waals surface area contributed by atoms with E-state index >= 15 is 0 Å². The molecule has 0 spiro atoms. The monoisotopic (exact) mass is 342 g/mol. The van der Waals surface area contributed by atoms with Crippen LogP contribution in [0.4, 0.5) is 4.79 Å². The number of ether oxygens (including phenoxy) is 2. The summed E-state index contributed by atoms with van der Waals surface area (Å²) in [6.07, 6.45) is 0.0925. The van der Waals surface area contributed by atoms with Crippen molar-refractivity contribution >= 4 is 22.0 Å². The third kappa shape index (κ3) is 3.86. The van der Waals surface area contributed by atoms with Crippen LogP contribution in [0.2, 0.25) is 0 Å². The SMILES string of the molecule is COc1ccc(Br)cc1CNC(=O)N1CCO[C@@H](C)C1. The van der Waals surface area contributed by atoms with Gasteiger partial charge in [0.15, 0.2) is 0 Å². The quantitative estimate of drug-likeness (QED) is 0.917. The summed E-state index contributed by atoms with van der Waals surface area (Å²) < 4.78 is 11.7. The average Bonchev–Trinajstić information content (AvgIpc) is 2.45. The van der Waals surface area contributed by atoms with E-state index in [-0.39, 0.29) is 12.1 Å². The molecule has 0 radical (unpaired) electrons. The maximum atomic E-state index is 12.1. The number of hydrogen-bond donors (Lipinski definition) is 1. The van der Waals surface area contributed by atoms with E-state index in [4.69, 9.17) is 9.47 Å². The number of carbonyl (C=O) groups is 1. The minimum atomic E-state index is -0.0674. The highest BCUT2D eigenvalue weighted by Gasteiger charge is 2.21. The lowest BCUT2D eigenvalue weighted by Gasteiger charge is -2.31. The summed E-state index contributed by atoms with van der Waals surface area (Å²) in [5, 5.41) is 2.92. The van der Waals surface area contributed by atoms with Crippen LogP contribution in [0.25, 0.3) is 0 Å². The molecule has 1 saturated heterocycles. The average molecular weight is 343 g/mol. The van der Waals surface area contributed by atoms with Crippen LogP contribution in [0.3, 0.4) is 0 Å². The van der Waals surface area contributed by atoms with Crippen LogP contribution in [-0.4, -0.2) is 43.8 Å². The first-order valence-electron chi connectivity index (χ1n) is 6.57. The van der Waals surface area contributed by atoms with E-state index in [1.54, 1.807) is 12.0 Å². The van der Waals surface area contributed by atoms with Gasteiger partial charge in [-0.25, -0.2) is 4.79 Å². The molecule has 110 valence electrons. The van der Waals surface area contributed by atoms with Gasteiger partial charge in [0.25, 0.3) is 0 Å². The fourth-order valence-corrected chi connectivity index (χ4v) is 2.58. The van der Waals surface area contributed by atoms with Crippen LogP contribution in [-0.2, 0) is 11.3 Å². The number of nitrogens with zero attached hydrogens (tertiary/aromatic N) is 1. The molecule has 1 aromatic rings. The van der Waals surface area contributed by atoms with Gasteiger partial charge in [-0.05, 0) is 25.1 Å². The van der Waals surface area contributed by atoms with Crippen molar-refractivity contribution in [3.05, 3.63) is 28.2 Å². The summed E-state index contributed by atoms with van der Waals surface area (Å²) >= 11 is 3.42. The standard InChI is InChI=1S/C14H19BrN2O3/c1-10-9-17(5-6-20-10)14(18)16-8-11-7-12(15)3-4-13(11)19-2/h3-4,7,10H,5-6,8-9H2,1-2H3,(H,16,18)/t10-/m0/s1. The van der Waals surface area contributed by atoms with Gasteiger partial charge in [0.1, 0.15) is 5.75 Å². The molecular formula is C14H19BrN2O3. The Morgan fingerprint density at radius 3 is 3.10 bits per heavy atom. The molecule has 1 aliphatic rings. The number of hydrogen-bond acceptors (Lipinski definition) is 3. The van der Waals surface area contributed by atoms with Crippen LogP contribution in [0.1, 0.15) is 12.5 Å². The molecule has 2 rings (SSSR count). The predicted octanol–water partition coefficient (Wildman–Crippen LogP) is 2.39. The van der Waals surface area contributed by atoms with Gasteiger partial charge in [-0.3, -0.25) is 0 Å². The molecule has 20 heavy (non-hydrogen) atoms. The molecule has 1 atom stereocenters. The predicted molar refractivity (Wildman–Crippen MR) is 79.9 cm³/mol. The minimum absolute atomic E-state index is 0.0674. The number of nitrogens with one attached hydrogen (secondary N) is 1. The number of amides is 2. The van der Waals surface area contributed by atoms with Gasteiger partial charge in [-0.1, -0.05) is 15.9 Å². The first-order valence-corrected chi connectivity index (χ1v) is 7.36. The minimum Gasteiger partial charge on any atom is -0.496 e. The van der Waals surface area contributed by atoms with E-state index < -0.39 is 0 Å². The largest absolute Gasteiger partial charge is 0.496 e. The second kappa shape index (κ2) is 6.95. The fourth-order valence-electron chi connectivity index (χ4n) is 2.17. The molecular weight excluding hydrogens is 324 g/mol. The van der Waals surface area contributed by atoms with Gasteiger partial charge < -0.3 is 19.7 Å². The Labute approximate surface area is 127 Å². The topological polar surface area (TPSA) is 50.8 Å². The van der Waals surface area contributed by atoms with Crippen molar-refractivity contribution < 1.29 is 14.3 Å². The van der Waals surface area contributed by atoms with Gasteiger partial charge in [0.05, 0.1) is 19.8 Å². The molecule has 5 nitrogen and oxygen atoms in total. The number of carbonyl (C=O) groups excluding carboxylic acids is 1. The van der Waals surface area contributed by atoms with E-state index in [1.807, 2.05) is 25.1 Å². The second-order valence-corrected chi connectivity index (χ2v) is 5.66. The summed E-state index contributed by atoms with van der Waals surface area (Å²) in [6.45, 7) is 4.26. The van der Waals surface area contributed by atoms with Gasteiger partial charge in [-0.15, -0.1) is 0 Å². The molecule has 1 aliphatic heterocycles. The Morgan fingerprint density at radius 2 is 2.40 bits per heavy atom. The molecule has 1 aromatic carbocycles. The second-order valence-electron chi connectivity index (χ2n) is 4.74. The highest BCUT2D eigenvalue weighted by molar-refractivity contribution is 9.10. The van der Waals surface area contributed by atoms with E-state index in [2.05, 4.69) is 21.2 Å². The van der Waals surface area contributed by atoms with E-state index in [0.29, 0.717) is 26.2 Å². The molecule has 2 amide bonds. The molecule has 1 N–H and O–H groups in total. The van der Waals surface area contributed by atoms with Crippen LogP contribution in [0.15, 0.2) is 22.7 Å². The lowest BCUT2D eigenvalue weighted by molar-refractivity contribution is -0.00352. The van der Waals surface area contributed by atoms with E-state index in [0.717, 1.165) is 15.8 Å². The van der Waals surface area contributed by atoms with Crippen molar-refractivity contribution in [2.45, 2.75) is 19.6 Å². The first kappa shape index (κ1) is 15.1. The first-order chi connectivity index (χ1) is 9.60. The Balaban J connectivity index is 1.94. The number of morpholine rings is 1. The van der Waals surface area contributed by atoms with Gasteiger partial charge in [0.2, 0.25) is 0 Å². The summed E-state index contributed by atoms with van der Waals surface area (Å²) in [4.78, 5) is 13.9. The Morgan fingerprint density at radius 1 is 1.60 bits per heavy atom. The zero-order valence-electron chi connectivity index (χ0n) is 11.7. The molecule has 1 fully saturated rings. The summed E-state index contributed by atoms with van der Waals surface area (Å²) in [5.74, 6) is 0.767. The maximum Gasteiger partial charge on any atom is 0.317 e. The summed E-state index contributed by atoms with van der Waals surface area (Å²) in [6, 6.07) is 5.67. The lowest BCUT2D eigenvalue weighted by atomic mass is 10.2. The van der Waals surface area contributed by atoms with Crippen LogP contribution < -0.4 is 10.1 Å². The molecule has 0 aliphatic carbocycles. The van der Waals surface area contributed by atoms with Crippen molar-refractivity contribution in [2.24, 2.45) is 0 Å². The number of benzene rings is 1. The third-order valence-electron chi connectivity index (χ3n) is 3.20. The zero-order valence-corrected chi connectivity index (χ0v) is 13.3. The smallest absolute Gasteiger partial charge is 0.317 e. The zero-order chi connectivity index (χ0) is 14.5. The number of halogens is 1. The number of rotatable bonds is 3. The van der Waals surface area contributed by atoms with Crippen molar-refractivity contribution in [3.63, 3.8) is 0 Å².